The number of anilines is 2. The molecule has 2 aromatic rings. The molecule has 7 nitrogen and oxygen atoms in total. The predicted molar refractivity (Wildman–Crippen MR) is 111 cm³/mol. The smallest absolute Gasteiger partial charge is 0.274 e. The molecule has 1 heterocycles. The molecule has 3 rings (SSSR count). The summed E-state index contributed by atoms with van der Waals surface area (Å²) >= 11 is 9.52. The molecule has 1 atom stereocenters. The van der Waals surface area contributed by atoms with Crippen molar-refractivity contribution in [3.8, 4) is 0 Å². The average molecular weight is 467 g/mol. The number of carbonyl (C=O) groups is 2. The third kappa shape index (κ3) is 3.88. The molecule has 0 unspecified atom stereocenters. The standard InChI is InChI=1S/C19H17BrClN3O4/c1-10-3-4-13(8-16(10)24(27)28)23-9-12(7-17(23)25)19(26)22-15-6-5-14(20)18(21)11(15)2/h3-6,8,12H,7,9H2,1-2H3,(H,22,26)/t12-/m0/s1. The first-order valence-corrected chi connectivity index (χ1v) is 9.67. The number of amides is 2. The fraction of sp³-hybridized carbons (Fsp3) is 0.263. The highest BCUT2D eigenvalue weighted by molar-refractivity contribution is 9.10. The van der Waals surface area contributed by atoms with Crippen molar-refractivity contribution in [3.05, 3.63) is 61.1 Å². The van der Waals surface area contributed by atoms with Crippen molar-refractivity contribution in [2.45, 2.75) is 20.3 Å². The van der Waals surface area contributed by atoms with Crippen molar-refractivity contribution in [1.29, 1.82) is 0 Å². The van der Waals surface area contributed by atoms with Crippen LogP contribution in [0.4, 0.5) is 17.1 Å². The van der Waals surface area contributed by atoms with Crippen molar-refractivity contribution in [1.82, 2.24) is 0 Å². The number of nitro groups is 1. The molecule has 2 amide bonds. The van der Waals surface area contributed by atoms with E-state index in [1.165, 1.54) is 11.0 Å². The van der Waals surface area contributed by atoms with E-state index in [2.05, 4.69) is 21.2 Å². The van der Waals surface area contributed by atoms with Crippen molar-refractivity contribution in [2.75, 3.05) is 16.8 Å². The summed E-state index contributed by atoms with van der Waals surface area (Å²) in [5, 5.41) is 14.5. The second-order valence-electron chi connectivity index (χ2n) is 6.66. The van der Waals surface area contributed by atoms with Gasteiger partial charge in [-0.2, -0.15) is 0 Å². The van der Waals surface area contributed by atoms with Gasteiger partial charge in [-0.3, -0.25) is 19.7 Å². The van der Waals surface area contributed by atoms with E-state index in [0.29, 0.717) is 22.0 Å². The Morgan fingerprint density at radius 2 is 2.04 bits per heavy atom. The Bertz CT molecular complexity index is 995. The van der Waals surface area contributed by atoms with E-state index < -0.39 is 10.8 Å². The van der Waals surface area contributed by atoms with Crippen LogP contribution in [0.1, 0.15) is 17.5 Å². The molecule has 0 radical (unpaired) electrons. The summed E-state index contributed by atoms with van der Waals surface area (Å²) in [5.74, 6) is -1.10. The average Bonchev–Trinajstić information content (AvgIpc) is 3.04. The first kappa shape index (κ1) is 20.3. The summed E-state index contributed by atoms with van der Waals surface area (Å²) in [4.78, 5) is 37.2. The SMILES string of the molecule is Cc1ccc(N2C[C@@H](C(=O)Nc3ccc(Br)c(Cl)c3C)CC2=O)cc1[N+](=O)[O-]. The zero-order valence-electron chi connectivity index (χ0n) is 15.2. The van der Waals surface area contributed by atoms with Gasteiger partial charge in [-0.1, -0.05) is 17.7 Å². The summed E-state index contributed by atoms with van der Waals surface area (Å²) in [6, 6.07) is 8.09. The Hall–Kier alpha value is -2.45. The van der Waals surface area contributed by atoms with Gasteiger partial charge in [0, 0.05) is 34.8 Å². The number of halogens is 2. The normalized spacial score (nSPS) is 16.4. The van der Waals surface area contributed by atoms with Crippen LogP contribution in [0.5, 0.6) is 0 Å². The lowest BCUT2D eigenvalue weighted by Gasteiger charge is -2.17. The van der Waals surface area contributed by atoms with E-state index in [1.807, 2.05) is 0 Å². The molecular weight excluding hydrogens is 450 g/mol. The number of nitrogens with zero attached hydrogens (tertiary/aromatic N) is 2. The van der Waals surface area contributed by atoms with Crippen LogP contribution in [-0.2, 0) is 9.59 Å². The first-order chi connectivity index (χ1) is 13.2. The molecule has 1 saturated heterocycles. The van der Waals surface area contributed by atoms with Crippen molar-refractivity contribution >= 4 is 56.4 Å². The van der Waals surface area contributed by atoms with E-state index in [9.17, 15) is 19.7 Å². The summed E-state index contributed by atoms with van der Waals surface area (Å²) < 4.78 is 0.729. The van der Waals surface area contributed by atoms with E-state index in [4.69, 9.17) is 11.6 Å². The molecule has 1 aliphatic heterocycles. The maximum Gasteiger partial charge on any atom is 0.274 e. The van der Waals surface area contributed by atoms with E-state index in [1.54, 1.807) is 38.1 Å². The van der Waals surface area contributed by atoms with Crippen LogP contribution < -0.4 is 10.2 Å². The van der Waals surface area contributed by atoms with Gasteiger partial charge in [-0.15, -0.1) is 0 Å². The van der Waals surface area contributed by atoms with Gasteiger partial charge in [0.15, 0.2) is 0 Å². The number of hydrogen-bond acceptors (Lipinski definition) is 4. The van der Waals surface area contributed by atoms with Gasteiger partial charge < -0.3 is 10.2 Å². The molecule has 0 bridgehead atoms. The second-order valence-corrected chi connectivity index (χ2v) is 7.89. The highest BCUT2D eigenvalue weighted by Gasteiger charge is 2.36. The molecule has 1 aliphatic rings. The van der Waals surface area contributed by atoms with E-state index in [0.717, 1.165) is 10.0 Å². The van der Waals surface area contributed by atoms with Crippen LogP contribution in [0.2, 0.25) is 5.02 Å². The van der Waals surface area contributed by atoms with E-state index >= 15 is 0 Å². The zero-order valence-corrected chi connectivity index (χ0v) is 17.5. The number of nitro benzene ring substituents is 1. The van der Waals surface area contributed by atoms with Crippen LogP contribution in [0, 0.1) is 29.9 Å². The molecule has 0 saturated carbocycles. The minimum Gasteiger partial charge on any atom is -0.325 e. The fourth-order valence-corrected chi connectivity index (χ4v) is 3.71. The minimum atomic E-state index is -0.560. The Labute approximate surface area is 174 Å². The Kier molecular flexibility index (Phi) is 5.71. The molecule has 28 heavy (non-hydrogen) atoms. The number of nitrogens with one attached hydrogen (secondary N) is 1. The molecule has 1 fully saturated rings. The summed E-state index contributed by atoms with van der Waals surface area (Å²) in [7, 11) is 0. The molecule has 0 aromatic heterocycles. The van der Waals surface area contributed by atoms with Crippen LogP contribution in [-0.4, -0.2) is 23.3 Å². The molecule has 146 valence electrons. The van der Waals surface area contributed by atoms with Gasteiger partial charge in [0.2, 0.25) is 11.8 Å². The summed E-state index contributed by atoms with van der Waals surface area (Å²) in [5.41, 5.74) is 2.17. The lowest BCUT2D eigenvalue weighted by Crippen LogP contribution is -2.28. The highest BCUT2D eigenvalue weighted by Crippen LogP contribution is 2.33. The number of hydrogen-bond donors (Lipinski definition) is 1. The quantitative estimate of drug-likeness (QED) is 0.526. The van der Waals surface area contributed by atoms with E-state index in [-0.39, 0.29) is 30.5 Å². The number of benzene rings is 2. The van der Waals surface area contributed by atoms with Gasteiger partial charge in [-0.25, -0.2) is 0 Å². The van der Waals surface area contributed by atoms with Crippen LogP contribution >= 0.6 is 27.5 Å². The highest BCUT2D eigenvalue weighted by atomic mass is 79.9. The Balaban J connectivity index is 1.78. The van der Waals surface area contributed by atoms with Gasteiger partial charge in [0.05, 0.1) is 21.6 Å². The molecular formula is C19H17BrClN3O4. The lowest BCUT2D eigenvalue weighted by molar-refractivity contribution is -0.385. The first-order valence-electron chi connectivity index (χ1n) is 8.50. The van der Waals surface area contributed by atoms with Crippen molar-refractivity contribution < 1.29 is 14.5 Å². The van der Waals surface area contributed by atoms with Gasteiger partial charge >= 0.3 is 0 Å². The monoisotopic (exact) mass is 465 g/mol. The lowest BCUT2D eigenvalue weighted by atomic mass is 10.1. The van der Waals surface area contributed by atoms with Crippen molar-refractivity contribution in [3.63, 3.8) is 0 Å². The van der Waals surface area contributed by atoms with Crippen LogP contribution in [0.15, 0.2) is 34.8 Å². The molecule has 1 N–H and O–H groups in total. The number of aryl methyl sites for hydroxylation is 1. The third-order valence-electron chi connectivity index (χ3n) is 4.79. The second kappa shape index (κ2) is 7.89. The largest absolute Gasteiger partial charge is 0.325 e. The number of carbonyl (C=O) groups excluding carboxylic acids is 2. The maximum atomic E-state index is 12.7. The third-order valence-corrected chi connectivity index (χ3v) is 6.17. The van der Waals surface area contributed by atoms with Gasteiger partial charge in [-0.05, 0) is 53.5 Å². The minimum absolute atomic E-state index is 0.0385. The summed E-state index contributed by atoms with van der Waals surface area (Å²) in [6.45, 7) is 3.59. The van der Waals surface area contributed by atoms with Gasteiger partial charge in [0.25, 0.3) is 5.69 Å². The van der Waals surface area contributed by atoms with Crippen LogP contribution in [0.3, 0.4) is 0 Å². The molecule has 9 heteroatoms. The maximum absolute atomic E-state index is 12.7. The van der Waals surface area contributed by atoms with Crippen molar-refractivity contribution in [2.24, 2.45) is 5.92 Å². The number of rotatable bonds is 4. The Morgan fingerprint density at radius 3 is 2.71 bits per heavy atom. The summed E-state index contributed by atoms with van der Waals surface area (Å²) in [6.07, 6.45) is 0.0385. The molecule has 0 aliphatic carbocycles. The van der Waals surface area contributed by atoms with Crippen LogP contribution in [0.25, 0.3) is 0 Å². The molecule has 0 spiro atoms. The topological polar surface area (TPSA) is 92.6 Å². The molecule has 2 aromatic carbocycles. The fourth-order valence-electron chi connectivity index (χ4n) is 3.12. The predicted octanol–water partition coefficient (Wildman–Crippen LogP) is 4.62. The van der Waals surface area contributed by atoms with Gasteiger partial charge in [0.1, 0.15) is 0 Å². The Morgan fingerprint density at radius 1 is 1.32 bits per heavy atom. The zero-order chi connectivity index (χ0) is 20.6.